The molecule has 0 amide bonds. The van der Waals surface area contributed by atoms with Crippen LogP contribution in [0.15, 0.2) is 27.8 Å². The van der Waals surface area contributed by atoms with Crippen molar-refractivity contribution >= 4 is 5.96 Å². The molecule has 8 nitrogen and oxygen atoms in total. The summed E-state index contributed by atoms with van der Waals surface area (Å²) in [6, 6.07) is 4.25. The van der Waals surface area contributed by atoms with Crippen molar-refractivity contribution in [1.29, 1.82) is 0 Å². The molecule has 152 valence electrons. The first-order valence-electron chi connectivity index (χ1n) is 10.5. The standard InChI is InChI=1S/C20H31N7O/c1-21-20(23-15-19-25-24-18-9-3-6-12-27(18)19)22-14-16(17-8-7-13-28-17)26-10-4-2-5-11-26/h7-8,13,16H,2-6,9-12,14-15H2,1H3,(H2,21,22,23). The Hall–Kier alpha value is -2.35. The highest BCUT2D eigenvalue weighted by atomic mass is 16.3. The average Bonchev–Trinajstić information content (AvgIpc) is 3.42. The summed E-state index contributed by atoms with van der Waals surface area (Å²) < 4.78 is 7.97. The fourth-order valence-electron chi connectivity index (χ4n) is 4.20. The molecular formula is C20H31N7O. The highest BCUT2D eigenvalue weighted by Crippen LogP contribution is 2.24. The van der Waals surface area contributed by atoms with Crippen molar-refractivity contribution in [2.24, 2.45) is 4.99 Å². The van der Waals surface area contributed by atoms with E-state index in [-0.39, 0.29) is 6.04 Å². The van der Waals surface area contributed by atoms with Crippen LogP contribution in [0.1, 0.15) is 55.6 Å². The topological polar surface area (TPSA) is 83.5 Å². The molecule has 4 heterocycles. The first kappa shape index (κ1) is 19.0. The maximum absolute atomic E-state index is 5.73. The molecule has 0 saturated carbocycles. The predicted octanol–water partition coefficient (Wildman–Crippen LogP) is 2.10. The van der Waals surface area contributed by atoms with Crippen molar-refractivity contribution in [3.05, 3.63) is 35.8 Å². The van der Waals surface area contributed by atoms with E-state index in [4.69, 9.17) is 4.42 Å². The fraction of sp³-hybridized carbons (Fsp3) is 0.650. The lowest BCUT2D eigenvalue weighted by molar-refractivity contribution is 0.146. The smallest absolute Gasteiger partial charge is 0.191 e. The van der Waals surface area contributed by atoms with Crippen LogP contribution in [0, 0.1) is 0 Å². The zero-order valence-electron chi connectivity index (χ0n) is 16.7. The van der Waals surface area contributed by atoms with E-state index in [1.165, 1.54) is 32.1 Å². The van der Waals surface area contributed by atoms with E-state index in [9.17, 15) is 0 Å². The molecule has 0 bridgehead atoms. The van der Waals surface area contributed by atoms with E-state index >= 15 is 0 Å². The van der Waals surface area contributed by atoms with Crippen LogP contribution in [-0.2, 0) is 19.5 Å². The minimum atomic E-state index is 0.217. The van der Waals surface area contributed by atoms with E-state index in [1.54, 1.807) is 13.3 Å². The van der Waals surface area contributed by atoms with Crippen LogP contribution in [-0.4, -0.2) is 52.3 Å². The molecule has 0 aliphatic carbocycles. The van der Waals surface area contributed by atoms with Crippen molar-refractivity contribution in [3.63, 3.8) is 0 Å². The second-order valence-electron chi connectivity index (χ2n) is 7.58. The molecule has 2 aliphatic heterocycles. The summed E-state index contributed by atoms with van der Waals surface area (Å²) in [5, 5.41) is 15.6. The Morgan fingerprint density at radius 1 is 1.14 bits per heavy atom. The van der Waals surface area contributed by atoms with Crippen molar-refractivity contribution in [1.82, 2.24) is 30.3 Å². The Morgan fingerprint density at radius 3 is 2.79 bits per heavy atom. The van der Waals surface area contributed by atoms with Gasteiger partial charge in [0.2, 0.25) is 0 Å². The van der Waals surface area contributed by atoms with Crippen LogP contribution >= 0.6 is 0 Å². The van der Waals surface area contributed by atoms with Gasteiger partial charge < -0.3 is 19.6 Å². The summed E-state index contributed by atoms with van der Waals surface area (Å²) in [5.41, 5.74) is 0. The lowest BCUT2D eigenvalue weighted by atomic mass is 10.1. The quantitative estimate of drug-likeness (QED) is 0.585. The highest BCUT2D eigenvalue weighted by molar-refractivity contribution is 5.79. The number of rotatable bonds is 6. The molecule has 2 aromatic heterocycles. The number of hydrogen-bond acceptors (Lipinski definition) is 5. The number of aryl methyl sites for hydroxylation is 1. The second kappa shape index (κ2) is 9.23. The molecule has 0 aromatic carbocycles. The van der Waals surface area contributed by atoms with Crippen molar-refractivity contribution in [2.45, 2.75) is 57.7 Å². The maximum atomic E-state index is 5.73. The van der Waals surface area contributed by atoms with Crippen molar-refractivity contribution in [3.8, 4) is 0 Å². The van der Waals surface area contributed by atoms with Crippen LogP contribution in [0.3, 0.4) is 0 Å². The van der Waals surface area contributed by atoms with Gasteiger partial charge in [0.05, 0.1) is 18.8 Å². The van der Waals surface area contributed by atoms with Gasteiger partial charge in [-0.3, -0.25) is 9.89 Å². The van der Waals surface area contributed by atoms with Gasteiger partial charge in [0.1, 0.15) is 11.6 Å². The fourth-order valence-corrected chi connectivity index (χ4v) is 4.20. The van der Waals surface area contributed by atoms with E-state index in [0.29, 0.717) is 6.54 Å². The minimum absolute atomic E-state index is 0.217. The van der Waals surface area contributed by atoms with E-state index in [1.807, 2.05) is 6.07 Å². The third-order valence-corrected chi connectivity index (χ3v) is 5.74. The number of aliphatic imine (C=N–C) groups is 1. The Morgan fingerprint density at radius 2 is 2.00 bits per heavy atom. The number of aromatic nitrogens is 3. The average molecular weight is 386 g/mol. The SMILES string of the molecule is CN=C(NCc1nnc2n1CCCC2)NCC(c1ccco1)N1CCCCC1. The first-order valence-corrected chi connectivity index (χ1v) is 10.5. The van der Waals surface area contributed by atoms with Gasteiger partial charge in [-0.25, -0.2) is 0 Å². The number of fused-ring (bicyclic) bond motifs is 1. The molecule has 2 aromatic rings. The lowest BCUT2D eigenvalue weighted by Crippen LogP contribution is -2.44. The summed E-state index contributed by atoms with van der Waals surface area (Å²) in [5.74, 6) is 3.88. The van der Waals surface area contributed by atoms with Crippen LogP contribution < -0.4 is 10.6 Å². The van der Waals surface area contributed by atoms with Gasteiger partial charge in [-0.1, -0.05) is 6.42 Å². The van der Waals surface area contributed by atoms with Gasteiger partial charge in [-0.15, -0.1) is 10.2 Å². The third-order valence-electron chi connectivity index (χ3n) is 5.74. The van der Waals surface area contributed by atoms with E-state index in [2.05, 4.69) is 41.4 Å². The number of furan rings is 1. The van der Waals surface area contributed by atoms with Gasteiger partial charge in [-0.05, 0) is 50.9 Å². The molecule has 1 atom stereocenters. The number of hydrogen-bond donors (Lipinski definition) is 2. The van der Waals surface area contributed by atoms with Crippen molar-refractivity contribution < 1.29 is 4.42 Å². The van der Waals surface area contributed by atoms with Crippen LogP contribution in [0.4, 0.5) is 0 Å². The number of guanidine groups is 1. The predicted molar refractivity (Wildman–Crippen MR) is 108 cm³/mol. The Balaban J connectivity index is 1.35. The Kier molecular flexibility index (Phi) is 6.26. The Bertz CT molecular complexity index is 762. The zero-order valence-corrected chi connectivity index (χ0v) is 16.7. The monoisotopic (exact) mass is 385 g/mol. The molecule has 28 heavy (non-hydrogen) atoms. The van der Waals surface area contributed by atoms with Gasteiger partial charge in [0.25, 0.3) is 0 Å². The first-order chi connectivity index (χ1) is 13.8. The third kappa shape index (κ3) is 4.38. The summed E-state index contributed by atoms with van der Waals surface area (Å²) in [7, 11) is 1.80. The molecule has 8 heteroatoms. The molecule has 1 unspecified atom stereocenters. The summed E-state index contributed by atoms with van der Waals surface area (Å²) in [6.45, 7) is 4.63. The normalized spacial score (nSPS) is 19.2. The molecule has 1 fully saturated rings. The summed E-state index contributed by atoms with van der Waals surface area (Å²) in [6.07, 6.45) is 9.02. The van der Waals surface area contributed by atoms with Crippen LogP contribution in [0.25, 0.3) is 0 Å². The Labute approximate surface area is 166 Å². The molecule has 0 spiro atoms. The summed E-state index contributed by atoms with van der Waals surface area (Å²) in [4.78, 5) is 6.90. The van der Waals surface area contributed by atoms with Gasteiger partial charge in [0.15, 0.2) is 11.8 Å². The van der Waals surface area contributed by atoms with Crippen molar-refractivity contribution in [2.75, 3.05) is 26.7 Å². The van der Waals surface area contributed by atoms with Gasteiger partial charge in [-0.2, -0.15) is 0 Å². The molecular weight excluding hydrogens is 354 g/mol. The van der Waals surface area contributed by atoms with E-state index in [0.717, 1.165) is 56.0 Å². The minimum Gasteiger partial charge on any atom is -0.468 e. The number of likely N-dealkylation sites (tertiary alicyclic amines) is 1. The lowest BCUT2D eigenvalue weighted by Gasteiger charge is -2.33. The van der Waals surface area contributed by atoms with Crippen LogP contribution in [0.2, 0.25) is 0 Å². The number of piperidine rings is 1. The molecule has 4 rings (SSSR count). The molecule has 1 saturated heterocycles. The largest absolute Gasteiger partial charge is 0.468 e. The number of nitrogens with one attached hydrogen (secondary N) is 2. The van der Waals surface area contributed by atoms with Crippen LogP contribution in [0.5, 0.6) is 0 Å². The maximum Gasteiger partial charge on any atom is 0.191 e. The molecule has 2 N–H and O–H groups in total. The second-order valence-corrected chi connectivity index (χ2v) is 7.58. The molecule has 2 aliphatic rings. The zero-order chi connectivity index (χ0) is 19.2. The molecule has 0 radical (unpaired) electrons. The number of nitrogens with zero attached hydrogens (tertiary/aromatic N) is 5. The summed E-state index contributed by atoms with van der Waals surface area (Å²) >= 11 is 0. The van der Waals surface area contributed by atoms with E-state index < -0.39 is 0 Å². The highest BCUT2D eigenvalue weighted by Gasteiger charge is 2.24. The van der Waals surface area contributed by atoms with Gasteiger partial charge in [0, 0.05) is 26.6 Å². The van der Waals surface area contributed by atoms with Gasteiger partial charge >= 0.3 is 0 Å².